The van der Waals surface area contributed by atoms with Crippen molar-refractivity contribution in [3.8, 4) is 0 Å². The van der Waals surface area contributed by atoms with Gasteiger partial charge in [-0.05, 0) is 51.4 Å². The number of fused-ring (bicyclic) bond motifs is 1. The molecule has 2 aliphatic carbocycles. The molecular weight excluding hydrogens is 258 g/mol. The lowest BCUT2D eigenvalue weighted by molar-refractivity contribution is 0.306. The summed E-state index contributed by atoms with van der Waals surface area (Å²) < 4.78 is 0. The van der Waals surface area contributed by atoms with E-state index in [0.29, 0.717) is 5.92 Å². The molecule has 3 rings (SSSR count). The molecule has 3 nitrogen and oxygen atoms in total. The van der Waals surface area contributed by atoms with Crippen molar-refractivity contribution in [3.05, 3.63) is 17.1 Å². The first kappa shape index (κ1) is 14.8. The summed E-state index contributed by atoms with van der Waals surface area (Å²) in [5, 5.41) is 3.49. The summed E-state index contributed by atoms with van der Waals surface area (Å²) in [6, 6.07) is 0. The van der Waals surface area contributed by atoms with Crippen LogP contribution in [0.2, 0.25) is 0 Å². The number of nitrogens with one attached hydrogen (secondary N) is 1. The van der Waals surface area contributed by atoms with E-state index in [4.69, 9.17) is 9.97 Å². The van der Waals surface area contributed by atoms with Crippen molar-refractivity contribution in [2.75, 3.05) is 11.9 Å². The minimum atomic E-state index is 0.591. The van der Waals surface area contributed by atoms with Gasteiger partial charge >= 0.3 is 0 Å². The fourth-order valence-electron chi connectivity index (χ4n) is 4.01. The van der Waals surface area contributed by atoms with Gasteiger partial charge in [0, 0.05) is 23.7 Å². The number of aryl methyl sites for hydroxylation is 1. The molecule has 21 heavy (non-hydrogen) atoms. The zero-order valence-electron chi connectivity index (χ0n) is 13.6. The summed E-state index contributed by atoms with van der Waals surface area (Å²) in [4.78, 5) is 9.94. The summed E-state index contributed by atoms with van der Waals surface area (Å²) in [5.41, 5.74) is 2.73. The van der Waals surface area contributed by atoms with E-state index in [1.807, 2.05) is 0 Å². The standard InChI is InChI=1S/C18H29N3/c1-3-13-8-7-9-14(12-13)17-20-16-11-6-5-10-15(16)18(21-17)19-4-2/h13-14H,3-12H2,1-2H3,(H,19,20,21). The van der Waals surface area contributed by atoms with Gasteiger partial charge in [0.15, 0.2) is 0 Å². The van der Waals surface area contributed by atoms with Crippen LogP contribution in [0.3, 0.4) is 0 Å². The lowest BCUT2D eigenvalue weighted by atomic mass is 9.79. The Bertz CT molecular complexity index is 484. The van der Waals surface area contributed by atoms with Gasteiger partial charge < -0.3 is 5.32 Å². The normalized spacial score (nSPS) is 25.4. The first-order chi connectivity index (χ1) is 10.3. The molecular formula is C18H29N3. The Hall–Kier alpha value is -1.12. The largest absolute Gasteiger partial charge is 0.370 e. The highest BCUT2D eigenvalue weighted by atomic mass is 15.0. The van der Waals surface area contributed by atoms with Gasteiger partial charge in [-0.2, -0.15) is 0 Å². The second kappa shape index (κ2) is 6.76. The Morgan fingerprint density at radius 2 is 1.90 bits per heavy atom. The van der Waals surface area contributed by atoms with Crippen molar-refractivity contribution < 1.29 is 0 Å². The molecule has 1 fully saturated rings. The van der Waals surface area contributed by atoms with Crippen molar-refractivity contribution in [1.82, 2.24) is 9.97 Å². The van der Waals surface area contributed by atoms with Gasteiger partial charge in [-0.1, -0.05) is 26.2 Å². The van der Waals surface area contributed by atoms with Crippen LogP contribution in [0.15, 0.2) is 0 Å². The summed E-state index contributed by atoms with van der Waals surface area (Å²) in [6.45, 7) is 5.43. The summed E-state index contributed by atoms with van der Waals surface area (Å²) >= 11 is 0. The smallest absolute Gasteiger partial charge is 0.134 e. The fourth-order valence-corrected chi connectivity index (χ4v) is 4.01. The summed E-state index contributed by atoms with van der Waals surface area (Å²) in [7, 11) is 0. The molecule has 0 aromatic carbocycles. The van der Waals surface area contributed by atoms with Gasteiger partial charge in [0.2, 0.25) is 0 Å². The molecule has 1 heterocycles. The molecule has 1 aromatic rings. The highest BCUT2D eigenvalue weighted by Crippen LogP contribution is 2.37. The molecule has 0 aliphatic heterocycles. The van der Waals surface area contributed by atoms with E-state index in [9.17, 15) is 0 Å². The van der Waals surface area contributed by atoms with Crippen LogP contribution in [0.1, 0.15) is 81.8 Å². The number of anilines is 1. The van der Waals surface area contributed by atoms with Crippen molar-refractivity contribution in [2.24, 2.45) is 5.92 Å². The van der Waals surface area contributed by atoms with E-state index in [0.717, 1.165) is 36.9 Å². The molecule has 2 aliphatic rings. The first-order valence-corrected chi connectivity index (χ1v) is 8.95. The zero-order chi connectivity index (χ0) is 14.7. The third-order valence-corrected chi connectivity index (χ3v) is 5.27. The second-order valence-electron chi connectivity index (χ2n) is 6.73. The lowest BCUT2D eigenvalue weighted by Gasteiger charge is -2.29. The average Bonchev–Trinajstić information content (AvgIpc) is 2.55. The maximum Gasteiger partial charge on any atom is 0.134 e. The van der Waals surface area contributed by atoms with Crippen LogP contribution in [0.5, 0.6) is 0 Å². The van der Waals surface area contributed by atoms with Gasteiger partial charge in [0.05, 0.1) is 0 Å². The Labute approximate surface area is 129 Å². The molecule has 0 bridgehead atoms. The first-order valence-electron chi connectivity index (χ1n) is 8.95. The predicted molar refractivity (Wildman–Crippen MR) is 87.8 cm³/mol. The monoisotopic (exact) mass is 287 g/mol. The molecule has 3 heteroatoms. The maximum atomic E-state index is 5.00. The molecule has 1 aromatic heterocycles. The van der Waals surface area contributed by atoms with E-state index >= 15 is 0 Å². The topological polar surface area (TPSA) is 37.8 Å². The number of hydrogen-bond acceptors (Lipinski definition) is 3. The molecule has 0 amide bonds. The molecule has 1 N–H and O–H groups in total. The van der Waals surface area contributed by atoms with Crippen LogP contribution in [-0.2, 0) is 12.8 Å². The number of aromatic nitrogens is 2. The van der Waals surface area contributed by atoms with E-state index in [1.165, 1.54) is 56.2 Å². The third-order valence-electron chi connectivity index (χ3n) is 5.27. The Morgan fingerprint density at radius 3 is 2.71 bits per heavy atom. The Balaban J connectivity index is 1.89. The highest BCUT2D eigenvalue weighted by molar-refractivity contribution is 5.48. The van der Waals surface area contributed by atoms with Crippen molar-refractivity contribution in [1.29, 1.82) is 0 Å². The van der Waals surface area contributed by atoms with Gasteiger partial charge in [-0.3, -0.25) is 0 Å². The minimum Gasteiger partial charge on any atom is -0.370 e. The number of hydrogen-bond donors (Lipinski definition) is 1. The average molecular weight is 287 g/mol. The summed E-state index contributed by atoms with van der Waals surface area (Å²) in [6.07, 6.45) is 11.5. The van der Waals surface area contributed by atoms with Crippen molar-refractivity contribution in [3.63, 3.8) is 0 Å². The molecule has 0 saturated heterocycles. The van der Waals surface area contributed by atoms with Crippen LogP contribution in [0.25, 0.3) is 0 Å². The number of nitrogens with zero attached hydrogens (tertiary/aromatic N) is 2. The summed E-state index contributed by atoms with van der Waals surface area (Å²) in [5.74, 6) is 3.74. The maximum absolute atomic E-state index is 5.00. The highest BCUT2D eigenvalue weighted by Gasteiger charge is 2.26. The molecule has 116 valence electrons. The second-order valence-corrected chi connectivity index (χ2v) is 6.73. The van der Waals surface area contributed by atoms with Crippen LogP contribution in [0.4, 0.5) is 5.82 Å². The quantitative estimate of drug-likeness (QED) is 0.887. The Kier molecular flexibility index (Phi) is 4.77. The van der Waals surface area contributed by atoms with Crippen LogP contribution in [0, 0.1) is 5.92 Å². The lowest BCUT2D eigenvalue weighted by Crippen LogP contribution is -2.20. The van der Waals surface area contributed by atoms with E-state index in [2.05, 4.69) is 19.2 Å². The zero-order valence-corrected chi connectivity index (χ0v) is 13.6. The van der Waals surface area contributed by atoms with Crippen LogP contribution < -0.4 is 5.32 Å². The number of rotatable bonds is 4. The molecule has 2 atom stereocenters. The Morgan fingerprint density at radius 1 is 1.05 bits per heavy atom. The molecule has 0 spiro atoms. The SMILES string of the molecule is CCNc1nc(C2CCCC(CC)C2)nc2c1CCCC2. The van der Waals surface area contributed by atoms with Crippen LogP contribution >= 0.6 is 0 Å². The van der Waals surface area contributed by atoms with Gasteiger partial charge in [0.25, 0.3) is 0 Å². The van der Waals surface area contributed by atoms with E-state index in [-0.39, 0.29) is 0 Å². The molecule has 0 radical (unpaired) electrons. The van der Waals surface area contributed by atoms with Gasteiger partial charge in [-0.25, -0.2) is 9.97 Å². The van der Waals surface area contributed by atoms with Gasteiger partial charge in [0.1, 0.15) is 11.6 Å². The third kappa shape index (κ3) is 3.22. The van der Waals surface area contributed by atoms with Gasteiger partial charge in [-0.15, -0.1) is 0 Å². The predicted octanol–water partition coefficient (Wildman–Crippen LogP) is 4.47. The molecule has 2 unspecified atom stereocenters. The van der Waals surface area contributed by atoms with Crippen molar-refractivity contribution >= 4 is 5.82 Å². The fraction of sp³-hybridized carbons (Fsp3) is 0.778. The van der Waals surface area contributed by atoms with E-state index in [1.54, 1.807) is 0 Å². The molecule has 1 saturated carbocycles. The van der Waals surface area contributed by atoms with E-state index < -0.39 is 0 Å². The van der Waals surface area contributed by atoms with Crippen LogP contribution in [-0.4, -0.2) is 16.5 Å². The minimum absolute atomic E-state index is 0.591. The van der Waals surface area contributed by atoms with Crippen molar-refractivity contribution in [2.45, 2.75) is 77.6 Å².